The van der Waals surface area contributed by atoms with E-state index >= 15 is 0 Å². The Balaban J connectivity index is 2.18. The predicted octanol–water partition coefficient (Wildman–Crippen LogP) is 3.94. The summed E-state index contributed by atoms with van der Waals surface area (Å²) in [5.41, 5.74) is 3.48. The van der Waals surface area contributed by atoms with E-state index in [4.69, 9.17) is 0 Å². The van der Waals surface area contributed by atoms with Gasteiger partial charge in [0.15, 0.2) is 0 Å². The first-order valence-electron chi connectivity index (χ1n) is 5.76. The molecule has 0 amide bonds. The molecular formula is C13H14BrFN2S. The summed E-state index contributed by atoms with van der Waals surface area (Å²) in [6.07, 6.45) is 0.608. The van der Waals surface area contributed by atoms with Gasteiger partial charge in [-0.05, 0) is 30.7 Å². The van der Waals surface area contributed by atoms with Gasteiger partial charge in [-0.2, -0.15) is 0 Å². The van der Waals surface area contributed by atoms with E-state index in [2.05, 4.69) is 26.2 Å². The van der Waals surface area contributed by atoms with E-state index < -0.39 is 0 Å². The van der Waals surface area contributed by atoms with Crippen LogP contribution in [0.1, 0.15) is 24.2 Å². The van der Waals surface area contributed by atoms with Gasteiger partial charge in [0.1, 0.15) is 5.82 Å². The van der Waals surface area contributed by atoms with Gasteiger partial charge in [0.05, 0.1) is 17.2 Å². The third-order valence-electron chi connectivity index (χ3n) is 2.70. The molecule has 0 saturated heterocycles. The molecule has 1 unspecified atom stereocenters. The van der Waals surface area contributed by atoms with E-state index in [1.807, 2.05) is 24.4 Å². The van der Waals surface area contributed by atoms with Crippen molar-refractivity contribution >= 4 is 27.3 Å². The van der Waals surface area contributed by atoms with Crippen molar-refractivity contribution in [3.05, 3.63) is 50.6 Å². The summed E-state index contributed by atoms with van der Waals surface area (Å²) in [5.74, 6) is -0.178. The smallest absolute Gasteiger partial charge is 0.127 e. The van der Waals surface area contributed by atoms with Crippen molar-refractivity contribution in [3.8, 4) is 0 Å². The fourth-order valence-electron chi connectivity index (χ4n) is 1.83. The molecule has 1 aromatic carbocycles. The number of aromatic nitrogens is 1. The van der Waals surface area contributed by atoms with Crippen LogP contribution in [-0.2, 0) is 6.42 Å². The third-order valence-corrected chi connectivity index (χ3v) is 3.80. The van der Waals surface area contributed by atoms with Crippen LogP contribution in [0.25, 0.3) is 0 Å². The van der Waals surface area contributed by atoms with E-state index in [0.29, 0.717) is 12.0 Å². The van der Waals surface area contributed by atoms with E-state index in [1.165, 1.54) is 6.07 Å². The van der Waals surface area contributed by atoms with Gasteiger partial charge in [0.25, 0.3) is 0 Å². The number of nitrogens with one attached hydrogen (secondary N) is 1. The SMILES string of the molecule is CCNC(Cc1ccc(Br)cc1F)c1cscn1. The van der Waals surface area contributed by atoms with E-state index in [9.17, 15) is 4.39 Å². The lowest BCUT2D eigenvalue weighted by Crippen LogP contribution is -2.23. The Bertz CT molecular complexity index is 502. The van der Waals surface area contributed by atoms with Gasteiger partial charge < -0.3 is 5.32 Å². The lowest BCUT2D eigenvalue weighted by molar-refractivity contribution is 0.519. The van der Waals surface area contributed by atoms with Crippen LogP contribution >= 0.6 is 27.3 Å². The summed E-state index contributed by atoms with van der Waals surface area (Å²) in [7, 11) is 0. The minimum atomic E-state index is -0.178. The van der Waals surface area contributed by atoms with Gasteiger partial charge in [-0.3, -0.25) is 0 Å². The summed E-state index contributed by atoms with van der Waals surface area (Å²) in [5, 5.41) is 5.35. The predicted molar refractivity (Wildman–Crippen MR) is 76.3 cm³/mol. The van der Waals surface area contributed by atoms with Crippen LogP contribution in [0.5, 0.6) is 0 Å². The second-order valence-electron chi connectivity index (χ2n) is 3.96. The molecule has 1 heterocycles. The number of rotatable bonds is 5. The molecule has 0 fully saturated rings. The van der Waals surface area contributed by atoms with Crippen molar-refractivity contribution < 1.29 is 4.39 Å². The molecular weight excluding hydrogens is 315 g/mol. The fraction of sp³-hybridized carbons (Fsp3) is 0.308. The van der Waals surface area contributed by atoms with Gasteiger partial charge in [-0.1, -0.05) is 28.9 Å². The topological polar surface area (TPSA) is 24.9 Å². The Labute approximate surface area is 118 Å². The van der Waals surface area contributed by atoms with Crippen LogP contribution < -0.4 is 5.32 Å². The maximum atomic E-state index is 13.8. The monoisotopic (exact) mass is 328 g/mol. The molecule has 1 atom stereocenters. The lowest BCUT2D eigenvalue weighted by atomic mass is 10.0. The number of benzene rings is 1. The van der Waals surface area contributed by atoms with Crippen LogP contribution in [0.15, 0.2) is 33.6 Å². The van der Waals surface area contributed by atoms with E-state index in [1.54, 1.807) is 16.8 Å². The van der Waals surface area contributed by atoms with Crippen LogP contribution in [-0.4, -0.2) is 11.5 Å². The number of hydrogen-bond acceptors (Lipinski definition) is 3. The molecule has 18 heavy (non-hydrogen) atoms. The molecule has 2 nitrogen and oxygen atoms in total. The molecule has 0 spiro atoms. The molecule has 0 saturated carbocycles. The largest absolute Gasteiger partial charge is 0.309 e. The van der Waals surface area contributed by atoms with Crippen molar-refractivity contribution in [1.82, 2.24) is 10.3 Å². The second kappa shape index (κ2) is 6.41. The molecule has 1 N–H and O–H groups in total. The van der Waals surface area contributed by atoms with E-state index in [0.717, 1.165) is 16.7 Å². The Morgan fingerprint density at radius 1 is 1.50 bits per heavy atom. The third kappa shape index (κ3) is 3.37. The van der Waals surface area contributed by atoms with Crippen LogP contribution in [0.4, 0.5) is 4.39 Å². The number of halogens is 2. The number of hydrogen-bond donors (Lipinski definition) is 1. The van der Waals surface area contributed by atoms with Crippen molar-refractivity contribution in [3.63, 3.8) is 0 Å². The normalized spacial score (nSPS) is 12.6. The maximum Gasteiger partial charge on any atom is 0.127 e. The molecule has 2 rings (SSSR count). The Morgan fingerprint density at radius 2 is 2.33 bits per heavy atom. The highest BCUT2D eigenvalue weighted by Crippen LogP contribution is 2.22. The quantitative estimate of drug-likeness (QED) is 0.899. The molecule has 0 aliphatic carbocycles. The van der Waals surface area contributed by atoms with Crippen molar-refractivity contribution in [2.75, 3.05) is 6.54 Å². The molecule has 0 radical (unpaired) electrons. The van der Waals surface area contributed by atoms with Crippen LogP contribution in [0.2, 0.25) is 0 Å². The number of likely N-dealkylation sites (N-methyl/N-ethyl adjacent to an activating group) is 1. The van der Waals surface area contributed by atoms with Gasteiger partial charge >= 0.3 is 0 Å². The van der Waals surface area contributed by atoms with Crippen molar-refractivity contribution in [2.45, 2.75) is 19.4 Å². The van der Waals surface area contributed by atoms with Crippen molar-refractivity contribution in [2.24, 2.45) is 0 Å². The summed E-state index contributed by atoms with van der Waals surface area (Å²) in [6.45, 7) is 2.87. The number of nitrogens with zero attached hydrogens (tertiary/aromatic N) is 1. The highest BCUT2D eigenvalue weighted by Gasteiger charge is 2.15. The van der Waals surface area contributed by atoms with E-state index in [-0.39, 0.29) is 11.9 Å². The molecule has 0 bridgehead atoms. The molecule has 96 valence electrons. The lowest BCUT2D eigenvalue weighted by Gasteiger charge is -2.16. The number of thiazole rings is 1. The standard InChI is InChI=1S/C13H14BrFN2S/c1-2-16-12(13-7-18-8-17-13)5-9-3-4-10(14)6-11(9)15/h3-4,6-8,12,16H,2,5H2,1H3. The molecule has 5 heteroatoms. The summed E-state index contributed by atoms with van der Waals surface area (Å²) in [4.78, 5) is 4.30. The average Bonchev–Trinajstić information content (AvgIpc) is 2.85. The maximum absolute atomic E-state index is 13.8. The molecule has 2 aromatic rings. The minimum absolute atomic E-state index is 0.0666. The summed E-state index contributed by atoms with van der Waals surface area (Å²) >= 11 is 4.82. The molecule has 0 aliphatic rings. The first-order valence-corrected chi connectivity index (χ1v) is 7.49. The van der Waals surface area contributed by atoms with Crippen LogP contribution in [0.3, 0.4) is 0 Å². The average molecular weight is 329 g/mol. The summed E-state index contributed by atoms with van der Waals surface area (Å²) < 4.78 is 14.6. The van der Waals surface area contributed by atoms with Crippen molar-refractivity contribution in [1.29, 1.82) is 0 Å². The minimum Gasteiger partial charge on any atom is -0.309 e. The zero-order chi connectivity index (χ0) is 13.0. The zero-order valence-corrected chi connectivity index (χ0v) is 12.4. The Kier molecular flexibility index (Phi) is 4.86. The van der Waals surface area contributed by atoms with Gasteiger partial charge in [0, 0.05) is 9.85 Å². The summed E-state index contributed by atoms with van der Waals surface area (Å²) in [6, 6.07) is 5.25. The second-order valence-corrected chi connectivity index (χ2v) is 5.60. The zero-order valence-electron chi connectivity index (χ0n) is 9.99. The Morgan fingerprint density at radius 3 is 2.94 bits per heavy atom. The Hall–Kier alpha value is -0.780. The highest BCUT2D eigenvalue weighted by atomic mass is 79.9. The first-order chi connectivity index (χ1) is 8.70. The molecule has 0 aliphatic heterocycles. The highest BCUT2D eigenvalue weighted by molar-refractivity contribution is 9.10. The van der Waals surface area contributed by atoms with Gasteiger partial charge in [-0.15, -0.1) is 11.3 Å². The first kappa shape index (κ1) is 13.6. The van der Waals surface area contributed by atoms with Gasteiger partial charge in [0.2, 0.25) is 0 Å². The molecule has 1 aromatic heterocycles. The fourth-order valence-corrected chi connectivity index (χ4v) is 2.77. The van der Waals surface area contributed by atoms with Crippen LogP contribution in [0, 0.1) is 5.82 Å². The van der Waals surface area contributed by atoms with Gasteiger partial charge in [-0.25, -0.2) is 9.37 Å².